The number of carbonyl (C=O) groups is 2. The Morgan fingerprint density at radius 3 is 2.38 bits per heavy atom. The van der Waals surface area contributed by atoms with Gasteiger partial charge in [-0.1, -0.05) is 13.8 Å². The van der Waals surface area contributed by atoms with Gasteiger partial charge in [0.15, 0.2) is 6.10 Å². The van der Waals surface area contributed by atoms with Crippen LogP contribution in [0.5, 0.6) is 0 Å². The van der Waals surface area contributed by atoms with Crippen LogP contribution in [0.4, 0.5) is 13.2 Å². The largest absolute Gasteiger partial charge is 0.544 e. The molecular weight excluding hydrogens is 404 g/mol. The van der Waals surface area contributed by atoms with Gasteiger partial charge in [0, 0.05) is 3.57 Å². The lowest BCUT2D eigenvalue weighted by Crippen LogP contribution is -2.53. The lowest BCUT2D eigenvalue weighted by Gasteiger charge is -2.30. The highest BCUT2D eigenvalue weighted by molar-refractivity contribution is 14.1. The molecule has 0 heterocycles. The molecule has 0 saturated heterocycles. The van der Waals surface area contributed by atoms with Crippen LogP contribution in [-0.2, 0) is 9.53 Å². The molecule has 1 atom stereocenters. The van der Waals surface area contributed by atoms with E-state index in [0.29, 0.717) is 3.57 Å². The first-order valence-electron chi connectivity index (χ1n) is 5.82. The lowest BCUT2D eigenvalue weighted by molar-refractivity contribution is -0.337. The van der Waals surface area contributed by atoms with Gasteiger partial charge in [-0.2, -0.15) is 8.78 Å². The number of hydrogen-bond donors (Lipinski definition) is 0. The molecule has 1 aromatic carbocycles. The van der Waals surface area contributed by atoms with Gasteiger partial charge in [0.25, 0.3) is 0 Å². The van der Waals surface area contributed by atoms with E-state index in [-0.39, 0.29) is 0 Å². The second-order valence-electron chi connectivity index (χ2n) is 4.60. The normalized spacial score (nSPS) is 13.1. The van der Waals surface area contributed by atoms with Crippen LogP contribution in [0.25, 0.3) is 0 Å². The fraction of sp³-hybridized carbons (Fsp3) is 0.385. The molecule has 8 heteroatoms. The van der Waals surface area contributed by atoms with Gasteiger partial charge in [0.2, 0.25) is 0 Å². The molecule has 1 aromatic rings. The highest BCUT2D eigenvalue weighted by atomic mass is 127. The highest BCUT2D eigenvalue weighted by Crippen LogP contribution is 2.28. The van der Waals surface area contributed by atoms with E-state index in [0.717, 1.165) is 12.1 Å². The molecule has 0 aliphatic rings. The third-order valence-corrected chi connectivity index (χ3v) is 3.29. The van der Waals surface area contributed by atoms with Crippen molar-refractivity contribution in [3.63, 3.8) is 0 Å². The summed E-state index contributed by atoms with van der Waals surface area (Å²) in [6.07, 6.45) is -2.26. The van der Waals surface area contributed by atoms with Gasteiger partial charge >= 0.3 is 11.9 Å². The zero-order valence-electron chi connectivity index (χ0n) is 11.0. The van der Waals surface area contributed by atoms with Crippen LogP contribution >= 0.6 is 22.6 Å². The molecule has 0 bridgehead atoms. The summed E-state index contributed by atoms with van der Waals surface area (Å²) in [6, 6.07) is 3.48. The van der Waals surface area contributed by atoms with Crippen LogP contribution in [-0.4, -0.2) is 24.0 Å². The Morgan fingerprint density at radius 2 is 1.90 bits per heavy atom. The van der Waals surface area contributed by atoms with Crippen molar-refractivity contribution in [1.29, 1.82) is 0 Å². The van der Waals surface area contributed by atoms with Crippen LogP contribution in [0.1, 0.15) is 24.2 Å². The van der Waals surface area contributed by atoms with E-state index in [2.05, 4.69) is 4.74 Å². The van der Waals surface area contributed by atoms with Gasteiger partial charge in [-0.15, -0.1) is 0 Å². The third kappa shape index (κ3) is 4.08. The smallest absolute Gasteiger partial charge is 0.341 e. The van der Waals surface area contributed by atoms with Crippen molar-refractivity contribution in [2.24, 2.45) is 5.92 Å². The van der Waals surface area contributed by atoms with Crippen molar-refractivity contribution in [2.75, 3.05) is 0 Å². The summed E-state index contributed by atoms with van der Waals surface area (Å²) in [5.41, 5.74) is -0.540. The summed E-state index contributed by atoms with van der Waals surface area (Å²) >= 11 is 1.80. The number of esters is 1. The molecule has 0 fully saturated rings. The van der Waals surface area contributed by atoms with Crippen LogP contribution in [0.3, 0.4) is 0 Å². The Morgan fingerprint density at radius 1 is 1.33 bits per heavy atom. The van der Waals surface area contributed by atoms with Crippen molar-refractivity contribution < 1.29 is 32.6 Å². The van der Waals surface area contributed by atoms with Crippen molar-refractivity contribution in [1.82, 2.24) is 0 Å². The number of ether oxygens (including phenoxy) is 1. The SMILES string of the molecule is CC(C)C(OC(=O)c1cc(I)ccc1F)C(F)(F)C(=O)[O-]. The van der Waals surface area contributed by atoms with Gasteiger partial charge in [0.1, 0.15) is 11.8 Å². The van der Waals surface area contributed by atoms with Gasteiger partial charge in [-0.05, 0) is 46.7 Å². The number of carbonyl (C=O) groups excluding carboxylic acids is 2. The monoisotopic (exact) mass is 415 g/mol. The highest BCUT2D eigenvalue weighted by Gasteiger charge is 2.46. The number of alkyl halides is 2. The first kappa shape index (κ1) is 17.7. The summed E-state index contributed by atoms with van der Waals surface area (Å²) in [6.45, 7) is 2.50. The first-order chi connectivity index (χ1) is 9.57. The molecule has 1 unspecified atom stereocenters. The second-order valence-corrected chi connectivity index (χ2v) is 5.85. The number of carboxylic acids is 1. The Hall–Kier alpha value is -1.32. The van der Waals surface area contributed by atoms with Crippen LogP contribution in [0.15, 0.2) is 18.2 Å². The maximum absolute atomic E-state index is 13.5. The molecule has 0 spiro atoms. The van der Waals surface area contributed by atoms with E-state index in [9.17, 15) is 27.9 Å². The minimum atomic E-state index is -4.37. The standard InChI is InChI=1S/C13H12F3IO4/c1-6(2)10(13(15,16)12(19)20)21-11(18)8-5-7(17)3-4-9(8)14/h3-6,10H,1-2H3,(H,19,20)/p-1. The van der Waals surface area contributed by atoms with Gasteiger partial charge < -0.3 is 14.6 Å². The van der Waals surface area contributed by atoms with Gasteiger partial charge in [-0.3, -0.25) is 0 Å². The topological polar surface area (TPSA) is 66.4 Å². The van der Waals surface area contributed by atoms with Crippen molar-refractivity contribution >= 4 is 34.5 Å². The molecule has 21 heavy (non-hydrogen) atoms. The summed E-state index contributed by atoms with van der Waals surface area (Å²) in [4.78, 5) is 22.3. The van der Waals surface area contributed by atoms with E-state index in [1.54, 1.807) is 22.6 Å². The quantitative estimate of drug-likeness (QED) is 0.545. The van der Waals surface area contributed by atoms with Crippen molar-refractivity contribution in [3.05, 3.63) is 33.1 Å². The summed E-state index contributed by atoms with van der Waals surface area (Å²) in [5, 5.41) is 10.5. The number of aliphatic carboxylic acids is 1. The molecule has 4 nitrogen and oxygen atoms in total. The zero-order valence-corrected chi connectivity index (χ0v) is 13.2. The van der Waals surface area contributed by atoms with E-state index in [4.69, 9.17) is 0 Å². The lowest BCUT2D eigenvalue weighted by atomic mass is 10.0. The van der Waals surface area contributed by atoms with E-state index >= 15 is 0 Å². The van der Waals surface area contributed by atoms with Crippen LogP contribution < -0.4 is 5.11 Å². The minimum absolute atomic E-state index is 0.494. The average Bonchev–Trinajstić information content (AvgIpc) is 2.37. The Bertz CT molecular complexity index is 560. The summed E-state index contributed by atoms with van der Waals surface area (Å²) in [7, 11) is 0. The van der Waals surface area contributed by atoms with Crippen LogP contribution in [0, 0.1) is 15.3 Å². The maximum Gasteiger partial charge on any atom is 0.341 e. The molecule has 0 saturated carbocycles. The molecule has 0 radical (unpaired) electrons. The molecule has 0 N–H and O–H groups in total. The number of halogens is 4. The Labute approximate surface area is 132 Å². The van der Waals surface area contributed by atoms with Gasteiger partial charge in [-0.25, -0.2) is 9.18 Å². The summed E-state index contributed by atoms with van der Waals surface area (Å²) < 4.78 is 45.5. The predicted octanol–water partition coefficient (Wildman–Crippen LogP) is 2.00. The van der Waals surface area contributed by atoms with E-state index < -0.39 is 41.3 Å². The van der Waals surface area contributed by atoms with E-state index in [1.807, 2.05) is 0 Å². The Balaban J connectivity index is 3.08. The van der Waals surface area contributed by atoms with Crippen molar-refractivity contribution in [3.8, 4) is 0 Å². The van der Waals surface area contributed by atoms with Crippen molar-refractivity contribution in [2.45, 2.75) is 25.9 Å². The minimum Gasteiger partial charge on any atom is -0.544 e. The number of carboxylic acid groups (broad SMARTS) is 1. The first-order valence-corrected chi connectivity index (χ1v) is 6.90. The fourth-order valence-corrected chi connectivity index (χ4v) is 2.07. The molecule has 0 aliphatic heterocycles. The molecular formula is C13H11F3IO4-. The number of benzene rings is 1. The molecule has 116 valence electrons. The predicted molar refractivity (Wildman–Crippen MR) is 73.1 cm³/mol. The second kappa shape index (κ2) is 6.63. The van der Waals surface area contributed by atoms with Gasteiger partial charge in [0.05, 0.1) is 5.56 Å². The summed E-state index contributed by atoms with van der Waals surface area (Å²) in [5.74, 6) is -10.3. The molecule has 0 aromatic heterocycles. The Kier molecular flexibility index (Phi) is 5.60. The molecule has 1 rings (SSSR count). The average molecular weight is 415 g/mol. The maximum atomic E-state index is 13.5. The number of rotatable bonds is 5. The fourth-order valence-electron chi connectivity index (χ4n) is 1.58. The zero-order chi connectivity index (χ0) is 16.4. The van der Waals surface area contributed by atoms with E-state index in [1.165, 1.54) is 19.9 Å². The van der Waals surface area contributed by atoms with Crippen LogP contribution in [0.2, 0.25) is 0 Å². The molecule has 0 aliphatic carbocycles. The molecule has 0 amide bonds. The third-order valence-electron chi connectivity index (χ3n) is 2.62. The number of hydrogen-bond acceptors (Lipinski definition) is 4.